The molecule has 0 aliphatic carbocycles. The van der Waals surface area contributed by atoms with Crippen molar-refractivity contribution in [2.45, 2.75) is 36.6 Å². The van der Waals surface area contributed by atoms with Crippen LogP contribution in [0, 0.1) is 0 Å². The highest BCUT2D eigenvalue weighted by Crippen LogP contribution is 2.21. The largest absolute Gasteiger partial charge is 0.355 e. The smallest absolute Gasteiger partial charge is 0.233 e. The number of nitrogens with one attached hydrogen (secondary N) is 1. The topological polar surface area (TPSA) is 85.8 Å². The van der Waals surface area contributed by atoms with Crippen molar-refractivity contribution in [3.63, 3.8) is 0 Å². The number of hydrogen-bond donors (Lipinski definition) is 2. The lowest BCUT2D eigenvalue weighted by Crippen LogP contribution is -2.34. The van der Waals surface area contributed by atoms with Crippen LogP contribution in [-0.4, -0.2) is 32.6 Å². The number of rotatable bonds is 7. The molecule has 0 spiro atoms. The maximum Gasteiger partial charge on any atom is 0.233 e. The standard InChI is InChI=1S/C15H21N5OS/c1-3-12(13-7-5-4-6-8-13)9-17-14(21)11(2)22-15-19-18-10-20(15)16/h4-8,10-12H,3,9,16H2,1-2H3,(H,17,21)/t11-,12-/m0/s1. The van der Waals surface area contributed by atoms with Crippen molar-refractivity contribution in [3.05, 3.63) is 42.2 Å². The molecule has 118 valence electrons. The van der Waals surface area contributed by atoms with Crippen molar-refractivity contribution in [2.75, 3.05) is 12.4 Å². The van der Waals surface area contributed by atoms with E-state index in [2.05, 4.69) is 34.6 Å². The molecule has 0 unspecified atom stereocenters. The summed E-state index contributed by atoms with van der Waals surface area (Å²) in [6.45, 7) is 4.58. The van der Waals surface area contributed by atoms with Gasteiger partial charge in [-0.05, 0) is 18.9 Å². The van der Waals surface area contributed by atoms with Gasteiger partial charge in [-0.15, -0.1) is 10.2 Å². The van der Waals surface area contributed by atoms with E-state index in [-0.39, 0.29) is 11.2 Å². The highest BCUT2D eigenvalue weighted by atomic mass is 32.2. The third-order valence-corrected chi connectivity index (χ3v) is 4.55. The van der Waals surface area contributed by atoms with Crippen LogP contribution >= 0.6 is 11.8 Å². The second-order valence-electron chi connectivity index (χ2n) is 5.04. The third kappa shape index (κ3) is 4.24. The summed E-state index contributed by atoms with van der Waals surface area (Å²) in [6.07, 6.45) is 2.39. The number of amides is 1. The SMILES string of the molecule is CC[C@@H](CNC(=O)[C@H](C)Sc1nncn1N)c1ccccc1. The Bertz CT molecular complexity index is 601. The van der Waals surface area contributed by atoms with Crippen LogP contribution in [0.3, 0.4) is 0 Å². The van der Waals surface area contributed by atoms with Gasteiger partial charge >= 0.3 is 0 Å². The fourth-order valence-corrected chi connectivity index (χ4v) is 2.89. The van der Waals surface area contributed by atoms with E-state index < -0.39 is 0 Å². The zero-order valence-electron chi connectivity index (χ0n) is 12.8. The highest BCUT2D eigenvalue weighted by molar-refractivity contribution is 8.00. The van der Waals surface area contributed by atoms with Crippen molar-refractivity contribution >= 4 is 17.7 Å². The first-order chi connectivity index (χ1) is 10.6. The molecule has 0 bridgehead atoms. The predicted octanol–water partition coefficient (Wildman–Crippen LogP) is 1.78. The Morgan fingerprint density at radius 3 is 2.73 bits per heavy atom. The van der Waals surface area contributed by atoms with Crippen molar-refractivity contribution in [1.82, 2.24) is 20.2 Å². The summed E-state index contributed by atoms with van der Waals surface area (Å²) in [5.74, 6) is 5.94. The summed E-state index contributed by atoms with van der Waals surface area (Å²) in [7, 11) is 0. The monoisotopic (exact) mass is 319 g/mol. The van der Waals surface area contributed by atoms with E-state index in [1.165, 1.54) is 28.3 Å². The second-order valence-corrected chi connectivity index (χ2v) is 6.35. The van der Waals surface area contributed by atoms with Crippen LogP contribution in [0.4, 0.5) is 0 Å². The average molecular weight is 319 g/mol. The predicted molar refractivity (Wildman–Crippen MR) is 88.0 cm³/mol. The van der Waals surface area contributed by atoms with Gasteiger partial charge in [-0.25, -0.2) is 4.68 Å². The summed E-state index contributed by atoms with van der Waals surface area (Å²) in [4.78, 5) is 12.2. The Balaban J connectivity index is 1.87. The van der Waals surface area contributed by atoms with Crippen LogP contribution in [0.5, 0.6) is 0 Å². The van der Waals surface area contributed by atoms with E-state index >= 15 is 0 Å². The van der Waals surface area contributed by atoms with Crippen molar-refractivity contribution in [1.29, 1.82) is 0 Å². The number of hydrogen-bond acceptors (Lipinski definition) is 5. The van der Waals surface area contributed by atoms with Crippen LogP contribution < -0.4 is 11.2 Å². The van der Waals surface area contributed by atoms with E-state index in [1.54, 1.807) is 0 Å². The highest BCUT2D eigenvalue weighted by Gasteiger charge is 2.18. The van der Waals surface area contributed by atoms with Gasteiger partial charge < -0.3 is 11.2 Å². The van der Waals surface area contributed by atoms with E-state index in [0.29, 0.717) is 17.6 Å². The normalized spacial score (nSPS) is 13.5. The molecule has 1 amide bonds. The lowest BCUT2D eigenvalue weighted by atomic mass is 9.96. The second kappa shape index (κ2) is 7.84. The quantitative estimate of drug-likeness (QED) is 0.600. The van der Waals surface area contributed by atoms with E-state index in [0.717, 1.165) is 6.42 Å². The Morgan fingerprint density at radius 1 is 1.41 bits per heavy atom. The first-order valence-corrected chi connectivity index (χ1v) is 8.14. The summed E-state index contributed by atoms with van der Waals surface area (Å²) >= 11 is 1.29. The molecule has 22 heavy (non-hydrogen) atoms. The zero-order chi connectivity index (χ0) is 15.9. The van der Waals surface area contributed by atoms with Crippen LogP contribution in [0.1, 0.15) is 31.7 Å². The number of benzene rings is 1. The van der Waals surface area contributed by atoms with Gasteiger partial charge in [0.25, 0.3) is 0 Å². The Hall–Kier alpha value is -2.02. The minimum atomic E-state index is -0.278. The molecular weight excluding hydrogens is 298 g/mol. The molecule has 0 aliphatic rings. The first-order valence-electron chi connectivity index (χ1n) is 7.26. The summed E-state index contributed by atoms with van der Waals surface area (Å²) in [6, 6.07) is 10.2. The maximum absolute atomic E-state index is 12.2. The van der Waals surface area contributed by atoms with Crippen LogP contribution in [-0.2, 0) is 4.79 Å². The molecule has 1 aromatic heterocycles. The first kappa shape index (κ1) is 16.4. The Labute approximate surface area is 134 Å². The number of aromatic nitrogens is 3. The van der Waals surface area contributed by atoms with Gasteiger partial charge in [0, 0.05) is 12.5 Å². The van der Waals surface area contributed by atoms with E-state index in [1.807, 2.05) is 25.1 Å². The summed E-state index contributed by atoms with van der Waals surface area (Å²) in [5, 5.41) is 10.8. The molecule has 0 saturated heterocycles. The number of nitrogens with two attached hydrogens (primary N) is 1. The lowest BCUT2D eigenvalue weighted by Gasteiger charge is -2.18. The van der Waals surface area contributed by atoms with Gasteiger partial charge in [-0.3, -0.25) is 4.79 Å². The van der Waals surface area contributed by atoms with Gasteiger partial charge in [-0.2, -0.15) is 0 Å². The molecule has 1 heterocycles. The molecule has 3 N–H and O–H groups in total. The molecular formula is C15H21N5OS. The lowest BCUT2D eigenvalue weighted by molar-refractivity contribution is -0.120. The number of nitrogens with zero attached hydrogens (tertiary/aromatic N) is 3. The molecule has 7 heteroatoms. The minimum absolute atomic E-state index is 0.0256. The summed E-state index contributed by atoms with van der Waals surface area (Å²) < 4.78 is 1.31. The molecule has 2 aromatic rings. The number of thioether (sulfide) groups is 1. The van der Waals surface area contributed by atoms with Gasteiger partial charge in [0.2, 0.25) is 11.1 Å². The molecule has 6 nitrogen and oxygen atoms in total. The van der Waals surface area contributed by atoms with Crippen LogP contribution in [0.25, 0.3) is 0 Å². The molecule has 0 radical (unpaired) electrons. The zero-order valence-corrected chi connectivity index (χ0v) is 13.6. The number of carbonyl (C=O) groups is 1. The molecule has 0 saturated carbocycles. The van der Waals surface area contributed by atoms with Crippen molar-refractivity contribution in [2.24, 2.45) is 0 Å². The minimum Gasteiger partial charge on any atom is -0.355 e. The number of nitrogen functional groups attached to an aromatic ring is 1. The molecule has 1 aromatic carbocycles. The molecule has 2 rings (SSSR count). The summed E-state index contributed by atoms with van der Waals surface area (Å²) in [5.41, 5.74) is 1.24. The van der Waals surface area contributed by atoms with Gasteiger partial charge in [0.1, 0.15) is 6.33 Å². The fourth-order valence-electron chi connectivity index (χ4n) is 2.12. The maximum atomic E-state index is 12.2. The molecule has 0 aliphatic heterocycles. The molecule has 0 fully saturated rings. The molecule has 2 atom stereocenters. The van der Waals surface area contributed by atoms with Crippen molar-refractivity contribution in [3.8, 4) is 0 Å². The van der Waals surface area contributed by atoms with Crippen LogP contribution in [0.15, 0.2) is 41.8 Å². The third-order valence-electron chi connectivity index (χ3n) is 3.48. The van der Waals surface area contributed by atoms with E-state index in [4.69, 9.17) is 5.84 Å². The van der Waals surface area contributed by atoms with Gasteiger partial charge in [-0.1, -0.05) is 49.0 Å². The van der Waals surface area contributed by atoms with Gasteiger partial charge in [0.15, 0.2) is 0 Å². The van der Waals surface area contributed by atoms with Crippen molar-refractivity contribution < 1.29 is 4.79 Å². The Morgan fingerprint density at radius 2 is 2.14 bits per heavy atom. The fraction of sp³-hybridized carbons (Fsp3) is 0.400. The van der Waals surface area contributed by atoms with Crippen LogP contribution in [0.2, 0.25) is 0 Å². The van der Waals surface area contributed by atoms with Gasteiger partial charge in [0.05, 0.1) is 5.25 Å². The number of carbonyl (C=O) groups excluding carboxylic acids is 1. The average Bonchev–Trinajstić information content (AvgIpc) is 2.94. The van der Waals surface area contributed by atoms with E-state index in [9.17, 15) is 4.79 Å². The Kier molecular flexibility index (Phi) is 5.83.